The van der Waals surface area contributed by atoms with Crippen LogP contribution in [0.25, 0.3) is 0 Å². The predicted octanol–water partition coefficient (Wildman–Crippen LogP) is 3.12. The standard InChI is InChI=1S/C20H23NO5S/c1-9-3-6-12-13(7-9)27-18(16(12)20(25)26-2)21-17(22)14-10-4-5-11(8-10)15(14)19(23)24/h4-5,9-11,14-15H,3,6-8H2,1-2H3,(H,21,22)(H,23,24)/t9-,10-,11+,14+,15+/m0/s1. The quantitative estimate of drug-likeness (QED) is 0.610. The predicted molar refractivity (Wildman–Crippen MR) is 101 cm³/mol. The number of allylic oxidation sites excluding steroid dienone is 2. The van der Waals surface area contributed by atoms with Crippen molar-refractivity contribution >= 4 is 34.2 Å². The number of carbonyl (C=O) groups is 3. The Morgan fingerprint density at radius 3 is 2.59 bits per heavy atom. The van der Waals surface area contributed by atoms with Gasteiger partial charge in [0.05, 0.1) is 24.5 Å². The van der Waals surface area contributed by atoms with E-state index in [0.717, 1.165) is 29.7 Å². The van der Waals surface area contributed by atoms with E-state index in [9.17, 15) is 19.5 Å². The third-order valence-corrected chi connectivity index (χ3v) is 7.35. The second-order valence-electron chi connectivity index (χ2n) is 7.87. The summed E-state index contributed by atoms with van der Waals surface area (Å²) in [6.07, 6.45) is 7.25. The van der Waals surface area contributed by atoms with Crippen LogP contribution in [0.4, 0.5) is 5.00 Å². The number of carbonyl (C=O) groups excluding carboxylic acids is 2. The molecule has 3 aliphatic carbocycles. The lowest BCUT2D eigenvalue weighted by Gasteiger charge is -2.23. The second-order valence-corrected chi connectivity index (χ2v) is 8.98. The molecule has 6 nitrogen and oxygen atoms in total. The van der Waals surface area contributed by atoms with E-state index in [4.69, 9.17) is 4.74 Å². The molecule has 27 heavy (non-hydrogen) atoms. The molecule has 1 heterocycles. The first kappa shape index (κ1) is 18.2. The molecular formula is C20H23NO5S. The number of carboxylic acids is 1. The molecule has 1 amide bonds. The summed E-state index contributed by atoms with van der Waals surface area (Å²) >= 11 is 1.43. The zero-order chi connectivity index (χ0) is 19.3. The first-order valence-corrected chi connectivity index (χ1v) is 10.2. The van der Waals surface area contributed by atoms with Crippen LogP contribution in [0, 0.1) is 29.6 Å². The fraction of sp³-hybridized carbons (Fsp3) is 0.550. The number of rotatable bonds is 4. The van der Waals surface area contributed by atoms with E-state index < -0.39 is 23.8 Å². The van der Waals surface area contributed by atoms with E-state index in [1.54, 1.807) is 0 Å². The topological polar surface area (TPSA) is 92.7 Å². The summed E-state index contributed by atoms with van der Waals surface area (Å²) in [6, 6.07) is 0. The van der Waals surface area contributed by atoms with Crippen molar-refractivity contribution in [2.75, 3.05) is 12.4 Å². The van der Waals surface area contributed by atoms with Gasteiger partial charge in [-0.05, 0) is 49.0 Å². The molecule has 2 bridgehead atoms. The molecule has 1 saturated carbocycles. The third kappa shape index (κ3) is 2.98. The number of hydrogen-bond donors (Lipinski definition) is 2. The molecule has 0 aromatic carbocycles. The van der Waals surface area contributed by atoms with Gasteiger partial charge in [-0.1, -0.05) is 19.1 Å². The van der Waals surface area contributed by atoms with Gasteiger partial charge in [-0.3, -0.25) is 9.59 Å². The smallest absolute Gasteiger partial charge is 0.341 e. The lowest BCUT2D eigenvalue weighted by Crippen LogP contribution is -2.36. The largest absolute Gasteiger partial charge is 0.481 e. The number of hydrogen-bond acceptors (Lipinski definition) is 5. The Morgan fingerprint density at radius 2 is 1.93 bits per heavy atom. The normalized spacial score (nSPS) is 30.8. The van der Waals surface area contributed by atoms with Crippen molar-refractivity contribution in [3.63, 3.8) is 0 Å². The molecule has 0 radical (unpaired) electrons. The zero-order valence-electron chi connectivity index (χ0n) is 15.4. The van der Waals surface area contributed by atoms with Gasteiger partial charge in [0.25, 0.3) is 0 Å². The van der Waals surface area contributed by atoms with Crippen LogP contribution in [0.2, 0.25) is 0 Å². The molecule has 1 aromatic heterocycles. The molecule has 0 saturated heterocycles. The van der Waals surface area contributed by atoms with Gasteiger partial charge in [0.15, 0.2) is 0 Å². The van der Waals surface area contributed by atoms with Crippen molar-refractivity contribution in [2.24, 2.45) is 29.6 Å². The fourth-order valence-corrected chi connectivity index (χ4v) is 6.27. The summed E-state index contributed by atoms with van der Waals surface area (Å²) in [5, 5.41) is 13.0. The average Bonchev–Trinajstić information content (AvgIpc) is 3.32. The van der Waals surface area contributed by atoms with Gasteiger partial charge in [-0.25, -0.2) is 4.79 Å². The molecule has 0 unspecified atom stereocenters. The van der Waals surface area contributed by atoms with Gasteiger partial charge in [0.2, 0.25) is 5.91 Å². The Hall–Kier alpha value is -2.15. The summed E-state index contributed by atoms with van der Waals surface area (Å²) < 4.78 is 4.96. The van der Waals surface area contributed by atoms with E-state index in [1.165, 1.54) is 18.4 Å². The van der Waals surface area contributed by atoms with Crippen LogP contribution in [-0.2, 0) is 27.2 Å². The van der Waals surface area contributed by atoms with Crippen LogP contribution in [0.5, 0.6) is 0 Å². The highest BCUT2D eigenvalue weighted by Gasteiger charge is 2.51. The number of amides is 1. The Balaban J connectivity index is 1.64. The maximum Gasteiger partial charge on any atom is 0.341 e. The molecule has 0 spiro atoms. The number of thiophene rings is 1. The number of ether oxygens (including phenoxy) is 1. The molecule has 4 rings (SSSR count). The SMILES string of the molecule is COC(=O)c1c(NC(=O)[C@H]2[C@H](C(=O)O)[C@@H]3C=C[C@H]2C3)sc2c1CC[C@H](C)C2. The molecule has 0 aliphatic heterocycles. The Bertz CT molecular complexity index is 842. The first-order valence-electron chi connectivity index (χ1n) is 9.35. The highest BCUT2D eigenvalue weighted by atomic mass is 32.1. The number of nitrogens with one attached hydrogen (secondary N) is 1. The Labute approximate surface area is 161 Å². The van der Waals surface area contributed by atoms with Gasteiger partial charge >= 0.3 is 11.9 Å². The van der Waals surface area contributed by atoms with E-state index in [0.29, 0.717) is 22.9 Å². The number of aliphatic carboxylic acids is 1. The van der Waals surface area contributed by atoms with E-state index in [1.807, 2.05) is 12.2 Å². The van der Waals surface area contributed by atoms with Crippen LogP contribution < -0.4 is 5.32 Å². The number of anilines is 1. The number of fused-ring (bicyclic) bond motifs is 3. The van der Waals surface area contributed by atoms with E-state index >= 15 is 0 Å². The monoisotopic (exact) mass is 389 g/mol. The van der Waals surface area contributed by atoms with Gasteiger partial charge in [0, 0.05) is 4.88 Å². The highest BCUT2D eigenvalue weighted by molar-refractivity contribution is 7.17. The van der Waals surface area contributed by atoms with Gasteiger partial charge in [0.1, 0.15) is 5.00 Å². The maximum atomic E-state index is 13.0. The minimum Gasteiger partial charge on any atom is -0.481 e. The van der Waals surface area contributed by atoms with E-state index in [2.05, 4.69) is 12.2 Å². The summed E-state index contributed by atoms with van der Waals surface area (Å²) in [5.74, 6) is -2.57. The van der Waals surface area contributed by atoms with Crippen LogP contribution >= 0.6 is 11.3 Å². The highest BCUT2D eigenvalue weighted by Crippen LogP contribution is 2.49. The van der Waals surface area contributed by atoms with Crippen molar-refractivity contribution in [3.8, 4) is 0 Å². The Kier molecular flexibility index (Phi) is 4.58. The molecule has 5 atom stereocenters. The summed E-state index contributed by atoms with van der Waals surface area (Å²) in [7, 11) is 1.34. The molecule has 144 valence electrons. The zero-order valence-corrected chi connectivity index (χ0v) is 16.2. The molecule has 7 heteroatoms. The minimum absolute atomic E-state index is 0.0488. The van der Waals surface area contributed by atoms with Crippen molar-refractivity contribution in [1.82, 2.24) is 0 Å². The van der Waals surface area contributed by atoms with Crippen LogP contribution in [0.1, 0.15) is 40.6 Å². The molecule has 2 N–H and O–H groups in total. The Morgan fingerprint density at radius 1 is 1.22 bits per heavy atom. The van der Waals surface area contributed by atoms with Crippen molar-refractivity contribution < 1.29 is 24.2 Å². The fourth-order valence-electron chi connectivity index (χ4n) is 4.87. The van der Waals surface area contributed by atoms with E-state index in [-0.39, 0.29) is 17.7 Å². The van der Waals surface area contributed by atoms with Crippen LogP contribution in [0.3, 0.4) is 0 Å². The summed E-state index contributed by atoms with van der Waals surface area (Å²) in [6.45, 7) is 2.18. The van der Waals surface area contributed by atoms with Crippen LogP contribution in [0.15, 0.2) is 12.2 Å². The molecular weight excluding hydrogens is 366 g/mol. The number of methoxy groups -OCH3 is 1. The van der Waals surface area contributed by atoms with Crippen molar-refractivity contribution in [2.45, 2.75) is 32.6 Å². The molecule has 1 fully saturated rings. The number of esters is 1. The first-order chi connectivity index (χ1) is 12.9. The van der Waals surface area contributed by atoms with Gasteiger partial charge in [-0.15, -0.1) is 11.3 Å². The minimum atomic E-state index is -0.931. The molecule has 3 aliphatic rings. The summed E-state index contributed by atoms with van der Waals surface area (Å²) in [4.78, 5) is 38.2. The second kappa shape index (κ2) is 6.78. The number of carboxylic acid groups (broad SMARTS) is 1. The third-order valence-electron chi connectivity index (χ3n) is 6.19. The van der Waals surface area contributed by atoms with Crippen molar-refractivity contribution in [3.05, 3.63) is 28.2 Å². The van der Waals surface area contributed by atoms with Crippen molar-refractivity contribution in [1.29, 1.82) is 0 Å². The summed E-state index contributed by atoms with van der Waals surface area (Å²) in [5.41, 5.74) is 1.42. The lowest BCUT2D eigenvalue weighted by molar-refractivity contribution is -0.146. The average molecular weight is 389 g/mol. The maximum absolute atomic E-state index is 13.0. The van der Waals surface area contributed by atoms with Gasteiger partial charge < -0.3 is 15.2 Å². The molecule has 1 aromatic rings. The van der Waals surface area contributed by atoms with Gasteiger partial charge in [-0.2, -0.15) is 0 Å². The van der Waals surface area contributed by atoms with Crippen LogP contribution in [-0.4, -0.2) is 30.1 Å². The lowest BCUT2D eigenvalue weighted by atomic mass is 9.82.